The number of aromatic nitrogens is 5. The molecule has 0 aromatic carbocycles. The highest BCUT2D eigenvalue weighted by Gasteiger charge is 2.03. The number of nitrogens with zero attached hydrogens (tertiary/aromatic N) is 5. The van der Waals surface area contributed by atoms with Crippen molar-refractivity contribution in [3.8, 4) is 0 Å². The fourth-order valence-corrected chi connectivity index (χ4v) is 1.40. The van der Waals surface area contributed by atoms with Crippen LogP contribution in [0.5, 0.6) is 0 Å². The molecule has 0 fully saturated rings. The summed E-state index contributed by atoms with van der Waals surface area (Å²) in [6.07, 6.45) is 6.52. The summed E-state index contributed by atoms with van der Waals surface area (Å²) in [7, 11) is 0. The van der Waals surface area contributed by atoms with Crippen molar-refractivity contribution >= 4 is 17.0 Å². The van der Waals surface area contributed by atoms with Crippen molar-refractivity contribution in [3.05, 3.63) is 43.2 Å². The van der Waals surface area contributed by atoms with E-state index >= 15 is 0 Å². The maximum Gasteiger partial charge on any atom is 0.182 e. The molecule has 3 heterocycles. The van der Waals surface area contributed by atoms with E-state index < -0.39 is 0 Å². The molecule has 3 rings (SSSR count). The quantitative estimate of drug-likeness (QED) is 0.688. The molecule has 0 saturated carbocycles. The van der Waals surface area contributed by atoms with E-state index in [1.54, 1.807) is 23.4 Å². The number of rotatable bonds is 2. The van der Waals surface area contributed by atoms with Gasteiger partial charge in [-0.15, -0.1) is 0 Å². The van der Waals surface area contributed by atoms with E-state index in [2.05, 4.69) is 25.4 Å². The number of hydrogen-bond acceptors (Lipinski definition) is 5. The second-order valence-corrected chi connectivity index (χ2v) is 3.17. The van der Waals surface area contributed by atoms with Gasteiger partial charge in [0.05, 0.1) is 6.20 Å². The smallest absolute Gasteiger partial charge is 0.182 e. The number of hydrogen-bond donors (Lipinski definition) is 1. The Kier molecular flexibility index (Phi) is 1.96. The van der Waals surface area contributed by atoms with Crippen LogP contribution < -0.4 is 5.43 Å². The molecule has 0 aliphatic heterocycles. The highest BCUT2D eigenvalue weighted by molar-refractivity contribution is 5.69. The lowest BCUT2D eigenvalue weighted by Gasteiger charge is -2.05. The Morgan fingerprint density at radius 3 is 3.00 bits per heavy atom. The molecule has 0 bridgehead atoms. The van der Waals surface area contributed by atoms with Gasteiger partial charge in [0, 0.05) is 6.20 Å². The summed E-state index contributed by atoms with van der Waals surface area (Å²) < 4.78 is 1.71. The number of fused-ring (bicyclic) bond motifs is 1. The molecule has 0 aliphatic carbocycles. The second kappa shape index (κ2) is 3.58. The Morgan fingerprint density at radius 2 is 2.12 bits per heavy atom. The molecule has 0 unspecified atom stereocenters. The van der Waals surface area contributed by atoms with Crippen LogP contribution in [0.3, 0.4) is 0 Å². The lowest BCUT2D eigenvalue weighted by atomic mass is 10.5. The molecule has 6 heteroatoms. The first-order valence-corrected chi connectivity index (χ1v) is 4.74. The van der Waals surface area contributed by atoms with E-state index in [4.69, 9.17) is 0 Å². The molecule has 78 valence electrons. The van der Waals surface area contributed by atoms with Crippen molar-refractivity contribution in [2.75, 3.05) is 5.43 Å². The minimum absolute atomic E-state index is 0.723. The van der Waals surface area contributed by atoms with E-state index in [0.717, 1.165) is 17.0 Å². The van der Waals surface area contributed by atoms with Gasteiger partial charge in [0.15, 0.2) is 5.65 Å². The Labute approximate surface area is 91.0 Å². The highest BCUT2D eigenvalue weighted by atomic mass is 15.5. The molecule has 16 heavy (non-hydrogen) atoms. The van der Waals surface area contributed by atoms with Crippen LogP contribution in [0.4, 0.5) is 5.82 Å². The second-order valence-electron chi connectivity index (χ2n) is 3.17. The van der Waals surface area contributed by atoms with E-state index in [1.165, 1.54) is 6.33 Å². The molecule has 0 spiro atoms. The fourth-order valence-electron chi connectivity index (χ4n) is 1.40. The first-order chi connectivity index (χ1) is 7.93. The highest BCUT2D eigenvalue weighted by Crippen LogP contribution is 2.08. The molecule has 6 nitrogen and oxygen atoms in total. The minimum atomic E-state index is 0.723. The minimum Gasteiger partial charge on any atom is -0.275 e. The van der Waals surface area contributed by atoms with Gasteiger partial charge in [0.25, 0.3) is 0 Å². The molecule has 3 aromatic heterocycles. The monoisotopic (exact) mass is 212 g/mol. The Bertz CT molecular complexity index is 603. The fraction of sp³-hybridized carbons (Fsp3) is 0. The van der Waals surface area contributed by atoms with Gasteiger partial charge in [-0.05, 0) is 12.1 Å². The van der Waals surface area contributed by atoms with Crippen molar-refractivity contribution in [1.29, 1.82) is 0 Å². The Morgan fingerprint density at radius 1 is 1.12 bits per heavy atom. The summed E-state index contributed by atoms with van der Waals surface area (Å²) >= 11 is 0. The van der Waals surface area contributed by atoms with Crippen LogP contribution in [-0.4, -0.2) is 24.6 Å². The first-order valence-electron chi connectivity index (χ1n) is 4.74. The van der Waals surface area contributed by atoms with Gasteiger partial charge in [-0.1, -0.05) is 6.07 Å². The lowest BCUT2D eigenvalue weighted by Crippen LogP contribution is -2.09. The van der Waals surface area contributed by atoms with E-state index in [-0.39, 0.29) is 0 Å². The maximum atomic E-state index is 4.16. The zero-order chi connectivity index (χ0) is 10.8. The van der Waals surface area contributed by atoms with Crippen LogP contribution in [0.15, 0.2) is 43.2 Å². The van der Waals surface area contributed by atoms with Crippen molar-refractivity contribution in [2.24, 2.45) is 0 Å². The van der Waals surface area contributed by atoms with Crippen LogP contribution in [0.25, 0.3) is 11.2 Å². The van der Waals surface area contributed by atoms with Crippen LogP contribution in [0.1, 0.15) is 0 Å². The third-order valence-electron chi connectivity index (χ3n) is 2.11. The third kappa shape index (κ3) is 1.46. The van der Waals surface area contributed by atoms with E-state index in [1.807, 2.05) is 18.2 Å². The molecule has 0 radical (unpaired) electrons. The molecular weight excluding hydrogens is 204 g/mol. The summed E-state index contributed by atoms with van der Waals surface area (Å²) in [4.78, 5) is 16.4. The average Bonchev–Trinajstić information content (AvgIpc) is 2.74. The summed E-state index contributed by atoms with van der Waals surface area (Å²) in [6.45, 7) is 0. The zero-order valence-electron chi connectivity index (χ0n) is 8.28. The number of anilines is 1. The van der Waals surface area contributed by atoms with Crippen molar-refractivity contribution in [2.45, 2.75) is 0 Å². The topological polar surface area (TPSA) is 68.5 Å². The number of nitrogens with one attached hydrogen (secondary N) is 1. The van der Waals surface area contributed by atoms with Gasteiger partial charge < -0.3 is 0 Å². The molecular formula is C10H8N6. The summed E-state index contributed by atoms with van der Waals surface area (Å²) in [5.41, 5.74) is 4.54. The Balaban J connectivity index is 2.01. The maximum absolute atomic E-state index is 4.16. The van der Waals surface area contributed by atoms with Gasteiger partial charge >= 0.3 is 0 Å². The lowest BCUT2D eigenvalue weighted by molar-refractivity contribution is 0.951. The average molecular weight is 212 g/mol. The molecule has 3 aromatic rings. The molecule has 0 saturated heterocycles. The van der Waals surface area contributed by atoms with Crippen LogP contribution in [-0.2, 0) is 0 Å². The molecule has 0 amide bonds. The van der Waals surface area contributed by atoms with Gasteiger partial charge in [0.1, 0.15) is 24.0 Å². The third-order valence-corrected chi connectivity index (χ3v) is 2.11. The van der Waals surface area contributed by atoms with E-state index in [0.29, 0.717) is 0 Å². The van der Waals surface area contributed by atoms with Gasteiger partial charge in [-0.25, -0.2) is 24.6 Å². The summed E-state index contributed by atoms with van der Waals surface area (Å²) in [6, 6.07) is 5.63. The molecule has 0 aliphatic rings. The van der Waals surface area contributed by atoms with Gasteiger partial charge in [-0.2, -0.15) is 0 Å². The predicted octanol–water partition coefficient (Wildman–Crippen LogP) is 1.10. The molecule has 1 N–H and O–H groups in total. The molecule has 0 atom stereocenters. The van der Waals surface area contributed by atoms with Crippen molar-refractivity contribution < 1.29 is 0 Å². The zero-order valence-corrected chi connectivity index (χ0v) is 8.28. The first kappa shape index (κ1) is 8.78. The van der Waals surface area contributed by atoms with Gasteiger partial charge in [0.2, 0.25) is 0 Å². The van der Waals surface area contributed by atoms with Crippen molar-refractivity contribution in [1.82, 2.24) is 24.6 Å². The predicted molar refractivity (Wildman–Crippen MR) is 58.6 cm³/mol. The van der Waals surface area contributed by atoms with Crippen molar-refractivity contribution in [3.63, 3.8) is 0 Å². The SMILES string of the molecule is c1ccc(Nn2cnc3cncnc32)nc1. The van der Waals surface area contributed by atoms with Crippen LogP contribution in [0.2, 0.25) is 0 Å². The van der Waals surface area contributed by atoms with Crippen LogP contribution >= 0.6 is 0 Å². The summed E-state index contributed by atoms with van der Waals surface area (Å²) in [5, 5.41) is 0. The van der Waals surface area contributed by atoms with E-state index in [9.17, 15) is 0 Å². The standard InChI is InChI=1S/C10H8N6/c1-2-4-12-9(3-1)15-16-7-14-8-5-11-6-13-10(8)16/h1-7H,(H,12,15). The number of imidazole rings is 1. The summed E-state index contributed by atoms with van der Waals surface area (Å²) in [5.74, 6) is 0.736. The van der Waals surface area contributed by atoms with Crippen LogP contribution in [0, 0.1) is 0 Å². The normalized spacial score (nSPS) is 10.5. The largest absolute Gasteiger partial charge is 0.275 e. The number of pyridine rings is 1. The van der Waals surface area contributed by atoms with Gasteiger partial charge in [-0.3, -0.25) is 5.43 Å². The Hall–Kier alpha value is -2.50.